The second kappa shape index (κ2) is 17.0. The maximum absolute atomic E-state index is 11.9. The number of unbranched alkanes of at least 4 members (excludes halogenated alkanes) is 10. The molecule has 0 heterocycles. The van der Waals surface area contributed by atoms with E-state index in [0.29, 0.717) is 13.0 Å². The summed E-state index contributed by atoms with van der Waals surface area (Å²) in [4.78, 5) is 11.9. The quantitative estimate of drug-likeness (QED) is 0.146. The van der Waals surface area contributed by atoms with Crippen LogP contribution in [0.5, 0.6) is 5.75 Å². The number of hydrazone groups is 1. The molecule has 28 heavy (non-hydrogen) atoms. The zero-order chi connectivity index (χ0) is 20.3. The molecule has 1 N–H and O–H groups in total. The number of amides is 1. The molecule has 0 radical (unpaired) electrons. The highest BCUT2D eigenvalue weighted by molar-refractivity contribution is 5.85. The van der Waals surface area contributed by atoms with Crippen LogP contribution in [0.1, 0.15) is 89.5 Å². The van der Waals surface area contributed by atoms with Crippen molar-refractivity contribution in [1.29, 1.82) is 0 Å². The Morgan fingerprint density at radius 1 is 1.00 bits per heavy atom. The molecule has 1 aromatic rings. The van der Waals surface area contributed by atoms with Gasteiger partial charge < -0.3 is 4.74 Å². The Morgan fingerprint density at radius 2 is 1.61 bits per heavy atom. The van der Waals surface area contributed by atoms with E-state index < -0.39 is 0 Å². The van der Waals surface area contributed by atoms with Crippen molar-refractivity contribution in [3.8, 4) is 5.75 Å². The Labute approximate surface area is 171 Å². The normalized spacial score (nSPS) is 10.9. The zero-order valence-electron chi connectivity index (χ0n) is 17.6. The van der Waals surface area contributed by atoms with E-state index in [0.717, 1.165) is 24.2 Å². The minimum atomic E-state index is -0.0309. The SMILES string of the molecule is C=CCOc1ccccc1/C=N/NC(=O)CCCCCCCCCCCCC. The molecule has 0 fully saturated rings. The molecular weight excluding hydrogens is 348 g/mol. The van der Waals surface area contributed by atoms with Gasteiger partial charge in [0.15, 0.2) is 0 Å². The molecule has 0 aromatic heterocycles. The molecule has 4 nitrogen and oxygen atoms in total. The summed E-state index contributed by atoms with van der Waals surface area (Å²) in [5.41, 5.74) is 3.44. The maximum atomic E-state index is 11.9. The molecule has 4 heteroatoms. The number of benzene rings is 1. The van der Waals surface area contributed by atoms with Gasteiger partial charge in [-0.2, -0.15) is 5.10 Å². The van der Waals surface area contributed by atoms with Gasteiger partial charge in [-0.1, -0.05) is 95.9 Å². The smallest absolute Gasteiger partial charge is 0.240 e. The van der Waals surface area contributed by atoms with Gasteiger partial charge in [-0.15, -0.1) is 0 Å². The van der Waals surface area contributed by atoms with Crippen LogP contribution in [0.15, 0.2) is 42.0 Å². The minimum absolute atomic E-state index is 0.0309. The Bertz CT molecular complexity index is 569. The predicted molar refractivity (Wildman–Crippen MR) is 119 cm³/mol. The second-order valence-electron chi connectivity index (χ2n) is 7.22. The van der Waals surface area contributed by atoms with Gasteiger partial charge in [0, 0.05) is 12.0 Å². The second-order valence-corrected chi connectivity index (χ2v) is 7.22. The van der Waals surface area contributed by atoms with Crippen molar-refractivity contribution >= 4 is 12.1 Å². The summed E-state index contributed by atoms with van der Waals surface area (Å²) in [6.45, 7) is 6.34. The van der Waals surface area contributed by atoms with E-state index in [2.05, 4.69) is 24.0 Å². The number of nitrogens with zero attached hydrogens (tertiary/aromatic N) is 1. The first kappa shape index (κ1) is 23.9. The van der Waals surface area contributed by atoms with Gasteiger partial charge in [-0.25, -0.2) is 5.43 Å². The first-order chi connectivity index (χ1) is 13.8. The third-order valence-corrected chi connectivity index (χ3v) is 4.68. The number of carbonyl (C=O) groups excluding carboxylic acids is 1. The van der Waals surface area contributed by atoms with Crippen molar-refractivity contribution < 1.29 is 9.53 Å². The molecule has 1 rings (SSSR count). The lowest BCUT2D eigenvalue weighted by molar-refractivity contribution is -0.121. The molecule has 1 aromatic carbocycles. The minimum Gasteiger partial charge on any atom is -0.489 e. The molecule has 0 aliphatic rings. The third-order valence-electron chi connectivity index (χ3n) is 4.68. The van der Waals surface area contributed by atoms with Crippen LogP contribution in [0, 0.1) is 0 Å². The summed E-state index contributed by atoms with van der Waals surface area (Å²) in [5.74, 6) is 0.697. The van der Waals surface area contributed by atoms with E-state index in [1.54, 1.807) is 12.3 Å². The van der Waals surface area contributed by atoms with Crippen LogP contribution in [-0.4, -0.2) is 18.7 Å². The van der Waals surface area contributed by atoms with E-state index >= 15 is 0 Å². The standard InChI is InChI=1S/C24H38N2O2/c1-3-5-6-7-8-9-10-11-12-13-14-19-24(27)26-25-21-22-17-15-16-18-23(22)28-20-4-2/h4,15-18,21H,2-3,5-14,19-20H2,1H3,(H,26,27)/b25-21+. The lowest BCUT2D eigenvalue weighted by Gasteiger charge is -2.06. The Hall–Kier alpha value is -2.10. The lowest BCUT2D eigenvalue weighted by Crippen LogP contribution is -2.17. The van der Waals surface area contributed by atoms with Gasteiger partial charge in [0.25, 0.3) is 0 Å². The maximum Gasteiger partial charge on any atom is 0.240 e. The summed E-state index contributed by atoms with van der Waals surface area (Å²) >= 11 is 0. The van der Waals surface area contributed by atoms with E-state index in [-0.39, 0.29) is 5.91 Å². The van der Waals surface area contributed by atoms with Crippen molar-refractivity contribution in [3.05, 3.63) is 42.5 Å². The number of hydrogen-bond donors (Lipinski definition) is 1. The highest BCUT2D eigenvalue weighted by Crippen LogP contribution is 2.15. The Morgan fingerprint density at radius 3 is 2.25 bits per heavy atom. The molecule has 0 unspecified atom stereocenters. The highest BCUT2D eigenvalue weighted by atomic mass is 16.5. The number of nitrogens with one attached hydrogen (secondary N) is 1. The largest absolute Gasteiger partial charge is 0.489 e. The van der Waals surface area contributed by atoms with Crippen LogP contribution in [0.2, 0.25) is 0 Å². The van der Waals surface area contributed by atoms with Gasteiger partial charge in [0.1, 0.15) is 12.4 Å². The number of ether oxygens (including phenoxy) is 1. The fraction of sp³-hybridized carbons (Fsp3) is 0.583. The van der Waals surface area contributed by atoms with Gasteiger partial charge in [0.2, 0.25) is 5.91 Å². The topological polar surface area (TPSA) is 50.7 Å². The molecule has 0 saturated carbocycles. The van der Waals surface area contributed by atoms with Gasteiger partial charge in [-0.3, -0.25) is 4.79 Å². The van der Waals surface area contributed by atoms with Crippen LogP contribution < -0.4 is 10.2 Å². The third kappa shape index (κ3) is 12.3. The predicted octanol–water partition coefficient (Wildman–Crippen LogP) is 6.40. The number of rotatable bonds is 17. The average Bonchev–Trinajstić information content (AvgIpc) is 2.71. The lowest BCUT2D eigenvalue weighted by atomic mass is 10.1. The molecule has 0 atom stereocenters. The van der Waals surface area contributed by atoms with Crippen molar-refractivity contribution in [2.24, 2.45) is 5.10 Å². The Kier molecular flexibility index (Phi) is 14.6. The summed E-state index contributed by atoms with van der Waals surface area (Å²) in [7, 11) is 0. The van der Waals surface area contributed by atoms with E-state index in [9.17, 15) is 4.79 Å². The van der Waals surface area contributed by atoms with Crippen LogP contribution >= 0.6 is 0 Å². The van der Waals surface area contributed by atoms with Gasteiger partial charge in [0.05, 0.1) is 6.21 Å². The van der Waals surface area contributed by atoms with Crippen molar-refractivity contribution in [2.45, 2.75) is 84.0 Å². The van der Waals surface area contributed by atoms with E-state index in [1.807, 2.05) is 24.3 Å². The molecule has 0 aliphatic heterocycles. The van der Waals surface area contributed by atoms with E-state index in [1.165, 1.54) is 57.8 Å². The van der Waals surface area contributed by atoms with Crippen molar-refractivity contribution in [2.75, 3.05) is 6.61 Å². The molecule has 0 aliphatic carbocycles. The average molecular weight is 387 g/mol. The number of para-hydroxylation sites is 1. The monoisotopic (exact) mass is 386 g/mol. The summed E-state index contributed by atoms with van der Waals surface area (Å²) in [6.07, 6.45) is 17.9. The Balaban J connectivity index is 2.07. The molecule has 156 valence electrons. The fourth-order valence-corrected chi connectivity index (χ4v) is 3.05. The highest BCUT2D eigenvalue weighted by Gasteiger charge is 2.01. The van der Waals surface area contributed by atoms with Crippen LogP contribution in [0.3, 0.4) is 0 Å². The zero-order valence-corrected chi connectivity index (χ0v) is 17.6. The molecule has 1 amide bonds. The summed E-state index contributed by atoms with van der Waals surface area (Å²) in [6, 6.07) is 7.59. The number of hydrogen-bond acceptors (Lipinski definition) is 3. The molecule has 0 bridgehead atoms. The van der Waals surface area contributed by atoms with Gasteiger partial charge in [-0.05, 0) is 18.6 Å². The first-order valence-electron chi connectivity index (χ1n) is 10.9. The van der Waals surface area contributed by atoms with Crippen molar-refractivity contribution in [3.63, 3.8) is 0 Å². The molecule has 0 spiro atoms. The molecular formula is C24H38N2O2. The van der Waals surface area contributed by atoms with E-state index in [4.69, 9.17) is 4.74 Å². The fourth-order valence-electron chi connectivity index (χ4n) is 3.05. The van der Waals surface area contributed by atoms with Crippen LogP contribution in [0.4, 0.5) is 0 Å². The van der Waals surface area contributed by atoms with Crippen molar-refractivity contribution in [1.82, 2.24) is 5.43 Å². The summed E-state index contributed by atoms with van der Waals surface area (Å²) < 4.78 is 5.57. The van der Waals surface area contributed by atoms with Crippen LogP contribution in [0.25, 0.3) is 0 Å². The first-order valence-corrected chi connectivity index (χ1v) is 10.9. The number of carbonyl (C=O) groups is 1. The molecule has 0 saturated heterocycles. The van der Waals surface area contributed by atoms with Crippen LogP contribution in [-0.2, 0) is 4.79 Å². The summed E-state index contributed by atoms with van der Waals surface area (Å²) in [5, 5.41) is 4.05. The van der Waals surface area contributed by atoms with Gasteiger partial charge >= 0.3 is 0 Å².